The van der Waals surface area contributed by atoms with Crippen molar-refractivity contribution in [2.45, 2.75) is 89.4 Å². The van der Waals surface area contributed by atoms with Crippen molar-refractivity contribution >= 4 is 58.1 Å². The minimum atomic E-state index is -0.933. The van der Waals surface area contributed by atoms with Gasteiger partial charge in [-0.05, 0) is 66.7 Å². The Balaban J connectivity index is 1.64. The Kier molecular flexibility index (Phi) is 7.86. The number of aromatic nitrogens is 4. The molecule has 14 heteroatoms. The van der Waals surface area contributed by atoms with E-state index in [4.69, 9.17) is 30.8 Å². The molecule has 1 aliphatic carbocycles. The lowest BCUT2D eigenvalue weighted by Crippen LogP contribution is -2.52. The Labute approximate surface area is 252 Å². The van der Waals surface area contributed by atoms with Gasteiger partial charge in [0, 0.05) is 18.3 Å². The lowest BCUT2D eigenvalue weighted by molar-refractivity contribution is 0.0428. The minimum absolute atomic E-state index is 0.00111. The molecule has 11 nitrogen and oxygen atoms in total. The summed E-state index contributed by atoms with van der Waals surface area (Å²) in [6.45, 7) is 10.3. The van der Waals surface area contributed by atoms with Crippen molar-refractivity contribution in [1.29, 1.82) is 0 Å². The van der Waals surface area contributed by atoms with E-state index < -0.39 is 29.2 Å². The number of thioether (sulfide) groups is 1. The maximum Gasteiger partial charge on any atom is 0.425 e. The smallest absolute Gasteiger partial charge is 0.425 e. The number of hydrogen-bond donors (Lipinski definition) is 0. The third-order valence-corrected chi connectivity index (χ3v) is 7.34. The molecular formula is C28H32ClFN6O5S. The van der Waals surface area contributed by atoms with Crippen molar-refractivity contribution in [3.8, 4) is 5.88 Å². The molecule has 1 saturated carbocycles. The summed E-state index contributed by atoms with van der Waals surface area (Å²) in [5, 5.41) is 0.298. The van der Waals surface area contributed by atoms with Gasteiger partial charge in [0.2, 0.25) is 5.88 Å². The summed E-state index contributed by atoms with van der Waals surface area (Å²) in [5.74, 6) is -0.161. The number of amides is 2. The van der Waals surface area contributed by atoms with E-state index in [-0.39, 0.29) is 41.1 Å². The van der Waals surface area contributed by atoms with Gasteiger partial charge >= 0.3 is 12.2 Å². The van der Waals surface area contributed by atoms with Crippen molar-refractivity contribution < 1.29 is 28.2 Å². The minimum Gasteiger partial charge on any atom is -0.472 e. The Bertz CT molecular complexity index is 1530. The highest BCUT2D eigenvalue weighted by atomic mass is 35.5. The molecule has 1 fully saturated rings. The summed E-state index contributed by atoms with van der Waals surface area (Å²) < 4.78 is 32.6. The molecule has 3 aromatic rings. The fourth-order valence-electron chi connectivity index (χ4n) is 4.70. The zero-order valence-corrected chi connectivity index (χ0v) is 26.0. The number of imide groups is 1. The van der Waals surface area contributed by atoms with E-state index in [2.05, 4.69) is 15.0 Å². The normalized spacial score (nSPS) is 18.0. The van der Waals surface area contributed by atoms with E-state index in [1.54, 1.807) is 59.9 Å². The molecule has 0 radical (unpaired) electrons. The first kappa shape index (κ1) is 30.0. The fourth-order valence-corrected chi connectivity index (χ4v) is 5.23. The third kappa shape index (κ3) is 5.89. The van der Waals surface area contributed by atoms with E-state index in [0.29, 0.717) is 21.9 Å². The van der Waals surface area contributed by atoms with E-state index in [1.807, 2.05) is 4.90 Å². The molecule has 0 bridgehead atoms. The molecule has 42 heavy (non-hydrogen) atoms. The number of anilines is 2. The number of fused-ring (bicyclic) bond motifs is 1. The predicted octanol–water partition coefficient (Wildman–Crippen LogP) is 6.54. The van der Waals surface area contributed by atoms with Gasteiger partial charge < -0.3 is 19.1 Å². The Morgan fingerprint density at radius 2 is 1.79 bits per heavy atom. The molecule has 0 spiro atoms. The van der Waals surface area contributed by atoms with Gasteiger partial charge in [-0.15, -0.1) is 0 Å². The molecule has 0 unspecified atom stereocenters. The van der Waals surface area contributed by atoms with Crippen LogP contribution in [0.3, 0.4) is 0 Å². The van der Waals surface area contributed by atoms with Crippen LogP contribution in [-0.4, -0.2) is 61.7 Å². The van der Waals surface area contributed by atoms with Gasteiger partial charge in [-0.3, -0.25) is 0 Å². The summed E-state index contributed by atoms with van der Waals surface area (Å²) in [5.41, 5.74) is -1.28. The van der Waals surface area contributed by atoms with Crippen molar-refractivity contribution in [3.05, 3.63) is 34.9 Å². The van der Waals surface area contributed by atoms with Gasteiger partial charge in [0.25, 0.3) is 0 Å². The molecule has 2 atom stereocenters. The molecule has 5 rings (SSSR count). The lowest BCUT2D eigenvalue weighted by Gasteiger charge is -2.42. The second-order valence-electron chi connectivity index (χ2n) is 12.0. The van der Waals surface area contributed by atoms with Crippen LogP contribution in [-0.2, 0) is 16.0 Å². The standard InChI is InChI=1S/C28H32ClFN6O5S/c1-27(2,3)40-25(37)36(26(38)41-28(4,5)6)21-14(9-8-12-31-21)13-35-15-10-11-16(15)39-23-17-19(18(30)20(29)33-23)32-24(42-7)34-22(17)35/h8-9,12,15-16H,10-11,13H2,1-7H3/t15-,16+/m1/s1. The molecule has 0 aromatic carbocycles. The van der Waals surface area contributed by atoms with E-state index in [0.717, 1.165) is 17.7 Å². The molecule has 4 heterocycles. The molecule has 1 aliphatic heterocycles. The number of rotatable bonds is 4. The molecule has 0 saturated heterocycles. The maximum absolute atomic E-state index is 15.3. The average Bonchev–Trinajstić information content (AvgIpc) is 2.94. The number of halogens is 2. The summed E-state index contributed by atoms with van der Waals surface area (Å²) in [4.78, 5) is 47.3. The number of hydrogen-bond acceptors (Lipinski definition) is 11. The first-order chi connectivity index (χ1) is 19.7. The van der Waals surface area contributed by atoms with Crippen LogP contribution in [0, 0.1) is 5.82 Å². The lowest BCUT2D eigenvalue weighted by atomic mass is 9.87. The number of nitrogens with zero attached hydrogens (tertiary/aromatic N) is 6. The summed E-state index contributed by atoms with van der Waals surface area (Å²) in [7, 11) is 0. The number of ether oxygens (including phenoxy) is 3. The van der Waals surface area contributed by atoms with Crippen LogP contribution >= 0.6 is 23.4 Å². The Morgan fingerprint density at radius 1 is 1.12 bits per heavy atom. The molecule has 2 amide bonds. The third-order valence-electron chi connectivity index (χ3n) is 6.54. The van der Waals surface area contributed by atoms with Crippen molar-refractivity contribution in [3.63, 3.8) is 0 Å². The SMILES string of the molecule is CSc1nc2c3c(nc(Cl)c(F)c3n1)O[C@H]1CC[C@H]1N2Cc1cccnc1N(C(=O)OC(C)(C)C)C(=O)OC(C)(C)C. The summed E-state index contributed by atoms with van der Waals surface area (Å²) >= 11 is 7.38. The number of pyridine rings is 2. The summed E-state index contributed by atoms with van der Waals surface area (Å²) in [6.07, 6.45) is 2.61. The molecule has 0 N–H and O–H groups in total. The van der Waals surface area contributed by atoms with Crippen LogP contribution in [0.4, 0.5) is 25.6 Å². The zero-order valence-electron chi connectivity index (χ0n) is 24.4. The highest BCUT2D eigenvalue weighted by molar-refractivity contribution is 7.98. The quantitative estimate of drug-likeness (QED) is 0.180. The van der Waals surface area contributed by atoms with E-state index in [1.165, 1.54) is 18.0 Å². The van der Waals surface area contributed by atoms with Crippen LogP contribution in [0.1, 0.15) is 59.9 Å². The van der Waals surface area contributed by atoms with E-state index in [9.17, 15) is 9.59 Å². The largest absolute Gasteiger partial charge is 0.472 e. The van der Waals surface area contributed by atoms with Crippen LogP contribution in [0.2, 0.25) is 5.15 Å². The van der Waals surface area contributed by atoms with Gasteiger partial charge in [-0.1, -0.05) is 29.4 Å². The van der Waals surface area contributed by atoms with Gasteiger partial charge in [0.05, 0.1) is 6.04 Å². The maximum atomic E-state index is 15.3. The van der Waals surface area contributed by atoms with Crippen LogP contribution in [0.5, 0.6) is 5.88 Å². The van der Waals surface area contributed by atoms with Crippen molar-refractivity contribution in [2.24, 2.45) is 0 Å². The van der Waals surface area contributed by atoms with Gasteiger partial charge in [0.15, 0.2) is 21.9 Å². The first-order valence-electron chi connectivity index (χ1n) is 13.4. The number of carbonyl (C=O) groups is 2. The van der Waals surface area contributed by atoms with Crippen LogP contribution < -0.4 is 14.5 Å². The fraction of sp³-hybridized carbons (Fsp3) is 0.500. The van der Waals surface area contributed by atoms with Crippen molar-refractivity contribution in [1.82, 2.24) is 19.9 Å². The second kappa shape index (κ2) is 11.0. The second-order valence-corrected chi connectivity index (χ2v) is 13.1. The molecule has 2 aliphatic rings. The molecule has 3 aromatic heterocycles. The topological polar surface area (TPSA) is 120 Å². The summed E-state index contributed by atoms with van der Waals surface area (Å²) in [6, 6.07) is 3.28. The van der Waals surface area contributed by atoms with Gasteiger partial charge in [-0.25, -0.2) is 28.9 Å². The zero-order chi connectivity index (χ0) is 30.6. The molecule has 224 valence electrons. The Morgan fingerprint density at radius 3 is 2.36 bits per heavy atom. The average molecular weight is 619 g/mol. The van der Waals surface area contributed by atoms with E-state index >= 15 is 4.39 Å². The van der Waals surface area contributed by atoms with Crippen LogP contribution in [0.15, 0.2) is 23.5 Å². The van der Waals surface area contributed by atoms with Crippen LogP contribution in [0.25, 0.3) is 10.9 Å². The number of carbonyl (C=O) groups excluding carboxylic acids is 2. The van der Waals surface area contributed by atoms with Crippen molar-refractivity contribution in [2.75, 3.05) is 16.1 Å². The van der Waals surface area contributed by atoms with Gasteiger partial charge in [0.1, 0.15) is 34.0 Å². The highest BCUT2D eigenvalue weighted by Gasteiger charge is 2.44. The molecular weight excluding hydrogens is 587 g/mol. The highest BCUT2D eigenvalue weighted by Crippen LogP contribution is 2.45. The Hall–Kier alpha value is -3.45. The predicted molar refractivity (Wildman–Crippen MR) is 157 cm³/mol. The van der Waals surface area contributed by atoms with Gasteiger partial charge in [-0.2, -0.15) is 9.88 Å². The first-order valence-corrected chi connectivity index (χ1v) is 15.0. The monoisotopic (exact) mass is 618 g/mol.